The summed E-state index contributed by atoms with van der Waals surface area (Å²) in [7, 11) is 0. The van der Waals surface area contributed by atoms with Crippen molar-refractivity contribution in [3.8, 4) is 0 Å². The number of fused-ring (bicyclic) bond motifs is 1. The lowest BCUT2D eigenvalue weighted by Crippen LogP contribution is -2.31. The highest BCUT2D eigenvalue weighted by atomic mass is 32.2. The van der Waals surface area contributed by atoms with Gasteiger partial charge in [0.05, 0.1) is 23.8 Å². The van der Waals surface area contributed by atoms with Gasteiger partial charge in [-0.05, 0) is 49.6 Å². The number of nitrogens with one attached hydrogen (secondary N) is 1. The maximum absolute atomic E-state index is 12.9. The minimum atomic E-state index is -4.36. The van der Waals surface area contributed by atoms with Crippen LogP contribution >= 0.6 is 11.8 Å². The number of hydrogen-bond donors (Lipinski definition) is 1. The van der Waals surface area contributed by atoms with E-state index in [1.807, 2.05) is 16.9 Å². The molecule has 0 unspecified atom stereocenters. The number of nitrogens with zero attached hydrogens (tertiary/aromatic N) is 4. The number of unbranched alkanes of at least 4 members (excludes halogenated alkanes) is 3. The molecule has 1 saturated carbocycles. The number of hydrogen-bond acceptors (Lipinski definition) is 5. The summed E-state index contributed by atoms with van der Waals surface area (Å²) in [5.41, 5.74) is 0.478. The number of halogens is 3. The Morgan fingerprint density at radius 3 is 2.69 bits per heavy atom. The summed E-state index contributed by atoms with van der Waals surface area (Å²) in [4.78, 5) is 17.3. The average Bonchev–Trinajstić information content (AvgIpc) is 3.34. The van der Waals surface area contributed by atoms with E-state index in [9.17, 15) is 18.0 Å². The smallest absolute Gasteiger partial charge is 0.350 e. The fourth-order valence-corrected chi connectivity index (χ4v) is 5.60. The Balaban J connectivity index is 1.12. The summed E-state index contributed by atoms with van der Waals surface area (Å²) in [5, 5.41) is 12.1. The SMILES string of the molecule is O=C(NCc1cn(CCCCCCSc2ccnc3cc(C(F)(F)F)ccc23)nn1)C1CCCCC1. The summed E-state index contributed by atoms with van der Waals surface area (Å²) < 4.78 is 40.7. The molecule has 0 radical (unpaired) electrons. The molecule has 6 nitrogen and oxygen atoms in total. The molecule has 0 spiro atoms. The first-order valence-electron chi connectivity index (χ1n) is 12.7. The van der Waals surface area contributed by atoms with Crippen LogP contribution in [0.2, 0.25) is 0 Å². The highest BCUT2D eigenvalue weighted by molar-refractivity contribution is 7.99. The van der Waals surface area contributed by atoms with E-state index in [1.54, 1.807) is 18.0 Å². The second-order valence-electron chi connectivity index (χ2n) is 9.33. The zero-order valence-electron chi connectivity index (χ0n) is 20.3. The number of benzene rings is 1. The van der Waals surface area contributed by atoms with Gasteiger partial charge in [0.25, 0.3) is 0 Å². The minimum absolute atomic E-state index is 0.132. The van der Waals surface area contributed by atoms with Crippen LogP contribution in [-0.2, 0) is 24.1 Å². The quantitative estimate of drug-likeness (QED) is 0.235. The van der Waals surface area contributed by atoms with Crippen molar-refractivity contribution >= 4 is 28.6 Å². The van der Waals surface area contributed by atoms with Crippen LogP contribution in [0.15, 0.2) is 41.6 Å². The zero-order valence-corrected chi connectivity index (χ0v) is 21.1. The summed E-state index contributed by atoms with van der Waals surface area (Å²) >= 11 is 1.66. The van der Waals surface area contributed by atoms with Gasteiger partial charge in [0.2, 0.25) is 5.91 Å². The number of carbonyl (C=O) groups excluding carboxylic acids is 1. The van der Waals surface area contributed by atoms with Gasteiger partial charge in [0, 0.05) is 28.9 Å². The first-order valence-corrected chi connectivity index (χ1v) is 13.6. The molecule has 1 aromatic carbocycles. The van der Waals surface area contributed by atoms with Gasteiger partial charge in [0.15, 0.2) is 0 Å². The van der Waals surface area contributed by atoms with Crippen LogP contribution in [0, 0.1) is 5.92 Å². The second-order valence-corrected chi connectivity index (χ2v) is 10.5. The maximum atomic E-state index is 12.9. The average molecular weight is 520 g/mol. The molecule has 1 amide bonds. The van der Waals surface area contributed by atoms with Crippen molar-refractivity contribution in [3.63, 3.8) is 0 Å². The molecule has 0 aliphatic heterocycles. The Bertz CT molecular complexity index is 1140. The standard InChI is InChI=1S/C26H32F3N5OS/c27-26(28,29)20-10-11-22-23(16-20)30-13-12-24(22)36-15-7-2-1-6-14-34-18-21(32-33-34)17-31-25(35)19-8-4-3-5-9-19/h10-13,16,18-19H,1-9,14-15,17H2,(H,31,35). The lowest BCUT2D eigenvalue weighted by atomic mass is 9.89. The van der Waals surface area contributed by atoms with E-state index in [1.165, 1.54) is 12.5 Å². The van der Waals surface area contributed by atoms with Crippen molar-refractivity contribution in [2.45, 2.75) is 81.9 Å². The molecule has 1 aliphatic rings. The molecular formula is C26H32F3N5OS. The minimum Gasteiger partial charge on any atom is -0.350 e. The van der Waals surface area contributed by atoms with Crippen LogP contribution in [-0.4, -0.2) is 31.6 Å². The van der Waals surface area contributed by atoms with E-state index in [0.29, 0.717) is 12.1 Å². The number of aryl methyl sites for hydroxylation is 1. The lowest BCUT2D eigenvalue weighted by Gasteiger charge is -2.20. The molecule has 36 heavy (non-hydrogen) atoms. The molecule has 194 valence electrons. The molecule has 0 saturated heterocycles. The van der Waals surface area contributed by atoms with E-state index >= 15 is 0 Å². The molecule has 4 rings (SSSR count). The third-order valence-electron chi connectivity index (χ3n) is 6.57. The van der Waals surface area contributed by atoms with E-state index < -0.39 is 11.7 Å². The zero-order chi connectivity index (χ0) is 25.4. The second kappa shape index (κ2) is 12.6. The highest BCUT2D eigenvalue weighted by Crippen LogP contribution is 2.34. The third-order valence-corrected chi connectivity index (χ3v) is 7.73. The molecule has 1 fully saturated rings. The van der Waals surface area contributed by atoms with Gasteiger partial charge >= 0.3 is 6.18 Å². The molecule has 1 aliphatic carbocycles. The third kappa shape index (κ3) is 7.44. The summed E-state index contributed by atoms with van der Waals surface area (Å²) in [6.45, 7) is 1.21. The van der Waals surface area contributed by atoms with E-state index in [-0.39, 0.29) is 11.8 Å². The van der Waals surface area contributed by atoms with Gasteiger partial charge in [-0.3, -0.25) is 14.5 Å². The Hall–Kier alpha value is -2.62. The van der Waals surface area contributed by atoms with Gasteiger partial charge in [-0.25, -0.2) is 0 Å². The normalized spacial score (nSPS) is 14.9. The van der Waals surface area contributed by atoms with E-state index in [0.717, 1.165) is 91.8 Å². The first kappa shape index (κ1) is 26.4. The number of thioether (sulfide) groups is 1. The molecule has 10 heteroatoms. The molecule has 0 atom stereocenters. The predicted octanol–water partition coefficient (Wildman–Crippen LogP) is 6.39. The fraction of sp³-hybridized carbons (Fsp3) is 0.538. The first-order chi connectivity index (χ1) is 17.4. The van der Waals surface area contributed by atoms with Crippen molar-refractivity contribution in [1.82, 2.24) is 25.3 Å². The van der Waals surface area contributed by atoms with E-state index in [2.05, 4.69) is 20.6 Å². The summed E-state index contributed by atoms with van der Waals surface area (Å²) in [5.74, 6) is 1.17. The number of pyridine rings is 1. The number of rotatable bonds is 11. The summed E-state index contributed by atoms with van der Waals surface area (Å²) in [6, 6.07) is 5.61. The van der Waals surface area contributed by atoms with Crippen LogP contribution in [0.1, 0.15) is 69.0 Å². The number of aromatic nitrogens is 4. The van der Waals surface area contributed by atoms with Crippen LogP contribution in [0.3, 0.4) is 0 Å². The van der Waals surface area contributed by atoms with Crippen molar-refractivity contribution in [2.24, 2.45) is 5.92 Å². The molecular weight excluding hydrogens is 487 g/mol. The Morgan fingerprint density at radius 2 is 1.89 bits per heavy atom. The number of carbonyl (C=O) groups is 1. The van der Waals surface area contributed by atoms with Gasteiger partial charge in [-0.2, -0.15) is 13.2 Å². The van der Waals surface area contributed by atoms with Gasteiger partial charge in [0.1, 0.15) is 5.69 Å². The van der Waals surface area contributed by atoms with Gasteiger partial charge < -0.3 is 5.32 Å². The molecule has 2 heterocycles. The van der Waals surface area contributed by atoms with E-state index in [4.69, 9.17) is 0 Å². The van der Waals surface area contributed by atoms with Crippen molar-refractivity contribution in [1.29, 1.82) is 0 Å². The molecule has 2 aromatic heterocycles. The van der Waals surface area contributed by atoms with Crippen molar-refractivity contribution < 1.29 is 18.0 Å². The molecule has 1 N–H and O–H groups in total. The Morgan fingerprint density at radius 1 is 1.08 bits per heavy atom. The molecule has 0 bridgehead atoms. The fourth-order valence-electron chi connectivity index (χ4n) is 4.55. The highest BCUT2D eigenvalue weighted by Gasteiger charge is 2.30. The Labute approximate surface area is 213 Å². The maximum Gasteiger partial charge on any atom is 0.416 e. The molecule has 3 aromatic rings. The Kier molecular flexibility index (Phi) is 9.23. The van der Waals surface area contributed by atoms with Crippen LogP contribution < -0.4 is 5.32 Å². The largest absolute Gasteiger partial charge is 0.416 e. The predicted molar refractivity (Wildman–Crippen MR) is 134 cm³/mol. The number of alkyl halides is 3. The lowest BCUT2D eigenvalue weighted by molar-refractivity contribution is -0.137. The van der Waals surface area contributed by atoms with Crippen molar-refractivity contribution in [2.75, 3.05) is 5.75 Å². The topological polar surface area (TPSA) is 72.7 Å². The van der Waals surface area contributed by atoms with Crippen molar-refractivity contribution in [3.05, 3.63) is 47.9 Å². The van der Waals surface area contributed by atoms with Crippen LogP contribution in [0.4, 0.5) is 13.2 Å². The summed E-state index contributed by atoms with van der Waals surface area (Å²) in [6.07, 6.45) is 8.70. The van der Waals surface area contributed by atoms with Gasteiger partial charge in [-0.15, -0.1) is 16.9 Å². The monoisotopic (exact) mass is 519 g/mol. The van der Waals surface area contributed by atoms with Crippen LogP contribution in [0.5, 0.6) is 0 Å². The van der Waals surface area contributed by atoms with Crippen LogP contribution in [0.25, 0.3) is 10.9 Å². The van der Waals surface area contributed by atoms with Gasteiger partial charge in [-0.1, -0.05) is 43.4 Å². The number of amides is 1.